The summed E-state index contributed by atoms with van der Waals surface area (Å²) in [6.07, 6.45) is 0. The van der Waals surface area contributed by atoms with Gasteiger partial charge in [0, 0.05) is 9.70 Å². The summed E-state index contributed by atoms with van der Waals surface area (Å²) in [5.74, 6) is 0. The summed E-state index contributed by atoms with van der Waals surface area (Å²) < 4.78 is 0. The Morgan fingerprint density at radius 2 is 2.33 bits per heavy atom. The first kappa shape index (κ1) is 7.29. The maximum atomic E-state index is 3.52. The molecule has 0 aliphatic rings. The number of alkyl halides is 1. The number of aryl methyl sites for hydroxylation is 1. The van der Waals surface area contributed by atoms with E-state index in [2.05, 4.69) is 41.2 Å². The van der Waals surface area contributed by atoms with Gasteiger partial charge in [-0.05, 0) is 30.9 Å². The zero-order chi connectivity index (χ0) is 6.85. The van der Waals surface area contributed by atoms with Gasteiger partial charge in [0.1, 0.15) is 0 Å². The minimum Gasteiger partial charge on any atom is -0.147 e. The molecular weight excluding hydrogens is 196 g/mol. The molecule has 1 aromatic heterocycles. The summed E-state index contributed by atoms with van der Waals surface area (Å²) in [4.78, 5) is 1.95. The van der Waals surface area contributed by atoms with Crippen LogP contribution in [0.1, 0.15) is 22.2 Å². The van der Waals surface area contributed by atoms with Crippen LogP contribution in [0.15, 0.2) is 11.4 Å². The van der Waals surface area contributed by atoms with Crippen LogP contribution in [0.3, 0.4) is 0 Å². The first-order chi connectivity index (χ1) is 4.22. The average molecular weight is 205 g/mol. The molecule has 9 heavy (non-hydrogen) atoms. The van der Waals surface area contributed by atoms with Crippen LogP contribution in [-0.2, 0) is 0 Å². The molecule has 0 amide bonds. The monoisotopic (exact) mass is 204 g/mol. The minimum atomic E-state index is 0.512. The summed E-state index contributed by atoms with van der Waals surface area (Å²) >= 11 is 5.33. The Labute approximate surface area is 68.0 Å². The molecule has 0 aromatic carbocycles. The lowest BCUT2D eigenvalue weighted by atomic mass is 10.2. The Kier molecular flexibility index (Phi) is 2.30. The van der Waals surface area contributed by atoms with Crippen LogP contribution in [0, 0.1) is 6.92 Å². The highest BCUT2D eigenvalue weighted by Crippen LogP contribution is 2.29. The first-order valence-corrected chi connectivity index (χ1v) is 4.69. The van der Waals surface area contributed by atoms with Gasteiger partial charge in [0.25, 0.3) is 0 Å². The van der Waals surface area contributed by atoms with Crippen LogP contribution in [0.25, 0.3) is 0 Å². The highest BCUT2D eigenvalue weighted by Gasteiger charge is 2.03. The molecule has 1 unspecified atom stereocenters. The quantitative estimate of drug-likeness (QED) is 0.615. The molecule has 2 heteroatoms. The molecule has 0 saturated carbocycles. The summed E-state index contributed by atoms with van der Waals surface area (Å²) in [5, 5.41) is 2.13. The number of hydrogen-bond acceptors (Lipinski definition) is 1. The smallest absolute Gasteiger partial charge is 0.0463 e. The molecule has 0 bridgehead atoms. The van der Waals surface area contributed by atoms with Gasteiger partial charge in [-0.3, -0.25) is 0 Å². The second kappa shape index (κ2) is 2.84. The van der Waals surface area contributed by atoms with E-state index < -0.39 is 0 Å². The van der Waals surface area contributed by atoms with E-state index in [0.29, 0.717) is 4.83 Å². The molecule has 0 spiro atoms. The molecule has 1 aromatic rings. The van der Waals surface area contributed by atoms with Crippen molar-refractivity contribution in [2.24, 2.45) is 0 Å². The lowest BCUT2D eigenvalue weighted by Crippen LogP contribution is -1.78. The van der Waals surface area contributed by atoms with Gasteiger partial charge >= 0.3 is 0 Å². The Morgan fingerprint density at radius 1 is 1.67 bits per heavy atom. The van der Waals surface area contributed by atoms with Gasteiger partial charge in [-0.25, -0.2) is 0 Å². The van der Waals surface area contributed by atoms with E-state index in [4.69, 9.17) is 0 Å². The Bertz CT molecular complexity index is 191. The van der Waals surface area contributed by atoms with Crippen molar-refractivity contribution in [1.29, 1.82) is 0 Å². The van der Waals surface area contributed by atoms with E-state index in [1.807, 2.05) is 11.3 Å². The van der Waals surface area contributed by atoms with Crippen molar-refractivity contribution in [2.75, 3.05) is 0 Å². The van der Waals surface area contributed by atoms with Gasteiger partial charge in [0.15, 0.2) is 0 Å². The maximum absolute atomic E-state index is 3.52. The third-order valence-corrected chi connectivity index (χ3v) is 3.23. The summed E-state index contributed by atoms with van der Waals surface area (Å²) in [6.45, 7) is 4.29. The van der Waals surface area contributed by atoms with Crippen LogP contribution in [-0.4, -0.2) is 0 Å². The third-order valence-electron chi connectivity index (χ3n) is 1.26. The van der Waals surface area contributed by atoms with Crippen molar-refractivity contribution in [3.63, 3.8) is 0 Å². The Balaban J connectivity index is 2.94. The number of rotatable bonds is 1. The second-order valence-electron chi connectivity index (χ2n) is 2.08. The van der Waals surface area contributed by atoms with E-state index in [-0.39, 0.29) is 0 Å². The summed E-state index contributed by atoms with van der Waals surface area (Å²) in [6, 6.07) is 2.15. The molecule has 1 atom stereocenters. The van der Waals surface area contributed by atoms with Crippen LogP contribution in [0.4, 0.5) is 0 Å². The van der Waals surface area contributed by atoms with Gasteiger partial charge in [-0.15, -0.1) is 11.3 Å². The minimum absolute atomic E-state index is 0.512. The first-order valence-electron chi connectivity index (χ1n) is 2.90. The normalized spacial score (nSPS) is 13.7. The molecule has 50 valence electrons. The average Bonchev–Trinajstić information content (AvgIpc) is 2.13. The summed E-state index contributed by atoms with van der Waals surface area (Å²) in [7, 11) is 0. The molecule has 0 aliphatic heterocycles. The molecule has 0 fully saturated rings. The molecule has 0 nitrogen and oxygen atoms in total. The third kappa shape index (κ3) is 1.55. The van der Waals surface area contributed by atoms with Crippen molar-refractivity contribution >= 4 is 27.3 Å². The van der Waals surface area contributed by atoms with Crippen molar-refractivity contribution < 1.29 is 0 Å². The van der Waals surface area contributed by atoms with Crippen molar-refractivity contribution in [3.8, 4) is 0 Å². The second-order valence-corrected chi connectivity index (χ2v) is 4.41. The lowest BCUT2D eigenvalue weighted by molar-refractivity contribution is 1.14. The van der Waals surface area contributed by atoms with E-state index in [9.17, 15) is 0 Å². The van der Waals surface area contributed by atoms with E-state index in [1.54, 1.807) is 0 Å². The molecule has 1 rings (SSSR count). The number of halogens is 1. The van der Waals surface area contributed by atoms with Crippen molar-refractivity contribution in [2.45, 2.75) is 18.7 Å². The lowest BCUT2D eigenvalue weighted by Gasteiger charge is -1.98. The molecular formula is C7H9BrS. The maximum Gasteiger partial charge on any atom is 0.0463 e. The Hall–Kier alpha value is 0.180. The Morgan fingerprint density at radius 3 is 2.56 bits per heavy atom. The topological polar surface area (TPSA) is 0 Å². The van der Waals surface area contributed by atoms with Gasteiger partial charge in [0.2, 0.25) is 0 Å². The van der Waals surface area contributed by atoms with E-state index >= 15 is 0 Å². The fourth-order valence-corrected chi connectivity index (χ4v) is 2.34. The van der Waals surface area contributed by atoms with Crippen molar-refractivity contribution in [3.05, 3.63) is 21.9 Å². The fraction of sp³-hybridized carbons (Fsp3) is 0.429. The molecule has 0 saturated heterocycles. The van der Waals surface area contributed by atoms with Crippen LogP contribution in [0.5, 0.6) is 0 Å². The zero-order valence-corrected chi connectivity index (χ0v) is 7.92. The van der Waals surface area contributed by atoms with Gasteiger partial charge in [-0.2, -0.15) is 0 Å². The molecule has 1 heterocycles. The largest absolute Gasteiger partial charge is 0.147 e. The van der Waals surface area contributed by atoms with Crippen molar-refractivity contribution in [1.82, 2.24) is 0 Å². The van der Waals surface area contributed by atoms with Gasteiger partial charge in [0.05, 0.1) is 0 Å². The van der Waals surface area contributed by atoms with Crippen LogP contribution >= 0.6 is 27.3 Å². The highest BCUT2D eigenvalue weighted by atomic mass is 79.9. The van der Waals surface area contributed by atoms with Crippen LogP contribution in [0.2, 0.25) is 0 Å². The molecule has 0 radical (unpaired) electrons. The predicted octanol–water partition coefficient (Wildman–Crippen LogP) is 3.51. The summed E-state index contributed by atoms with van der Waals surface area (Å²) in [5.41, 5.74) is 1.39. The highest BCUT2D eigenvalue weighted by molar-refractivity contribution is 9.09. The fourth-order valence-electron chi connectivity index (χ4n) is 0.792. The predicted molar refractivity (Wildman–Crippen MR) is 46.4 cm³/mol. The zero-order valence-electron chi connectivity index (χ0n) is 5.52. The van der Waals surface area contributed by atoms with Gasteiger partial charge < -0.3 is 0 Å². The van der Waals surface area contributed by atoms with E-state index in [1.165, 1.54) is 10.4 Å². The van der Waals surface area contributed by atoms with Gasteiger partial charge in [-0.1, -0.05) is 15.9 Å². The molecule has 0 N–H and O–H groups in total. The standard InChI is InChI=1S/C7H9BrS/c1-5-3-4-9-7(5)6(2)8/h3-4,6H,1-2H3. The molecule has 0 aliphatic carbocycles. The SMILES string of the molecule is Cc1ccsc1C(C)Br. The van der Waals surface area contributed by atoms with Crippen LogP contribution < -0.4 is 0 Å². The van der Waals surface area contributed by atoms with E-state index in [0.717, 1.165) is 0 Å². The number of hydrogen-bond donors (Lipinski definition) is 0. The number of thiophene rings is 1.